The van der Waals surface area contributed by atoms with Crippen LogP contribution in [0.4, 0.5) is 0 Å². The van der Waals surface area contributed by atoms with E-state index in [-0.39, 0.29) is 23.6 Å². The number of fused-ring (bicyclic) bond motifs is 3. The number of rotatable bonds is 6. The van der Waals surface area contributed by atoms with Crippen LogP contribution in [0, 0.1) is 0 Å². The molecule has 0 unspecified atom stereocenters. The van der Waals surface area contributed by atoms with Gasteiger partial charge in [0.25, 0.3) is 5.91 Å². The van der Waals surface area contributed by atoms with E-state index in [1.807, 2.05) is 12.1 Å². The zero-order chi connectivity index (χ0) is 20.2. The Bertz CT molecular complexity index is 1030. The molecule has 1 atom stereocenters. The minimum Gasteiger partial charge on any atom is -0.355 e. The lowest BCUT2D eigenvalue weighted by molar-refractivity contribution is -0.122. The normalized spacial score (nSPS) is 15.7. The minimum atomic E-state index is -0.287. The Kier molecular flexibility index (Phi) is 5.76. The molecule has 0 saturated carbocycles. The number of carbonyl (C=O) groups is 2. The lowest BCUT2D eigenvalue weighted by Gasteiger charge is -2.24. The van der Waals surface area contributed by atoms with Crippen LogP contribution < -0.4 is 10.6 Å². The van der Waals surface area contributed by atoms with Gasteiger partial charge in [0.1, 0.15) is 5.69 Å². The maximum absolute atomic E-state index is 12.4. The number of aromatic amines is 1. The molecule has 0 saturated heterocycles. The molecule has 29 heavy (non-hydrogen) atoms. The van der Waals surface area contributed by atoms with Crippen molar-refractivity contribution in [3.05, 3.63) is 58.8 Å². The average molecular weight is 412 g/mol. The van der Waals surface area contributed by atoms with Gasteiger partial charge in [0.05, 0.1) is 22.8 Å². The van der Waals surface area contributed by atoms with Gasteiger partial charge in [0, 0.05) is 36.4 Å². The molecule has 3 aromatic rings. The van der Waals surface area contributed by atoms with Gasteiger partial charge in [0.15, 0.2) is 0 Å². The summed E-state index contributed by atoms with van der Waals surface area (Å²) in [7, 11) is 0. The van der Waals surface area contributed by atoms with E-state index in [0.717, 1.165) is 35.9 Å². The number of aromatic nitrogens is 3. The SMILES string of the molecule is O=C(CCCNC(=O)c1cnccn1)N[C@@H]1CCCc2c1[nH]c1c(Cl)cccc21. The van der Waals surface area contributed by atoms with E-state index in [1.54, 1.807) is 0 Å². The largest absolute Gasteiger partial charge is 0.355 e. The lowest BCUT2D eigenvalue weighted by atomic mass is 9.91. The smallest absolute Gasteiger partial charge is 0.271 e. The summed E-state index contributed by atoms with van der Waals surface area (Å²) in [6.45, 7) is 0.404. The molecule has 0 fully saturated rings. The number of H-pyrrole nitrogens is 1. The van der Waals surface area contributed by atoms with Crippen LogP contribution in [0.1, 0.15) is 53.5 Å². The zero-order valence-electron chi connectivity index (χ0n) is 15.9. The Morgan fingerprint density at radius 3 is 3.00 bits per heavy atom. The van der Waals surface area contributed by atoms with Crippen LogP contribution >= 0.6 is 11.6 Å². The molecule has 1 aromatic carbocycles. The van der Waals surface area contributed by atoms with Gasteiger partial charge in [-0.3, -0.25) is 14.6 Å². The van der Waals surface area contributed by atoms with Crippen molar-refractivity contribution in [1.82, 2.24) is 25.6 Å². The predicted molar refractivity (Wildman–Crippen MR) is 111 cm³/mol. The van der Waals surface area contributed by atoms with Crippen LogP contribution in [0.5, 0.6) is 0 Å². The average Bonchev–Trinajstić information content (AvgIpc) is 3.13. The van der Waals surface area contributed by atoms with Crippen molar-refractivity contribution in [2.24, 2.45) is 0 Å². The summed E-state index contributed by atoms with van der Waals surface area (Å²) in [5.41, 5.74) is 3.51. The second kappa shape index (κ2) is 8.61. The molecule has 150 valence electrons. The summed E-state index contributed by atoms with van der Waals surface area (Å²) in [6, 6.07) is 5.86. The summed E-state index contributed by atoms with van der Waals surface area (Å²) in [5, 5.41) is 7.71. The number of nitrogens with one attached hydrogen (secondary N) is 3. The molecule has 0 radical (unpaired) electrons. The highest BCUT2D eigenvalue weighted by Gasteiger charge is 2.26. The van der Waals surface area contributed by atoms with Gasteiger partial charge in [-0.1, -0.05) is 23.7 Å². The fourth-order valence-electron chi connectivity index (χ4n) is 3.82. The Hall–Kier alpha value is -2.93. The molecular weight excluding hydrogens is 390 g/mol. The highest BCUT2D eigenvalue weighted by Crippen LogP contribution is 2.36. The molecule has 1 aliphatic rings. The molecular formula is C21H22ClN5O2. The lowest BCUT2D eigenvalue weighted by Crippen LogP contribution is -2.32. The summed E-state index contributed by atoms with van der Waals surface area (Å²) in [5.74, 6) is -0.313. The first-order valence-electron chi connectivity index (χ1n) is 9.76. The Labute approximate surface area is 173 Å². The van der Waals surface area contributed by atoms with Crippen LogP contribution in [0.15, 0.2) is 36.8 Å². The van der Waals surface area contributed by atoms with Crippen LogP contribution in [0.25, 0.3) is 10.9 Å². The fraction of sp³-hybridized carbons (Fsp3) is 0.333. The van der Waals surface area contributed by atoms with Crippen LogP contribution in [-0.4, -0.2) is 33.3 Å². The molecule has 2 aromatic heterocycles. The highest BCUT2D eigenvalue weighted by atomic mass is 35.5. The number of nitrogens with zero attached hydrogens (tertiary/aromatic N) is 2. The molecule has 3 N–H and O–H groups in total. The number of para-hydroxylation sites is 1. The molecule has 1 aliphatic carbocycles. The minimum absolute atomic E-state index is 0.0265. The van der Waals surface area contributed by atoms with E-state index in [0.29, 0.717) is 24.4 Å². The van der Waals surface area contributed by atoms with Gasteiger partial charge in [-0.25, -0.2) is 4.98 Å². The predicted octanol–water partition coefficient (Wildman–Crippen LogP) is 3.32. The quantitative estimate of drug-likeness (QED) is 0.542. The summed E-state index contributed by atoms with van der Waals surface area (Å²) < 4.78 is 0. The second-order valence-corrected chi connectivity index (χ2v) is 7.55. The van der Waals surface area contributed by atoms with Crippen LogP contribution in [0.3, 0.4) is 0 Å². The van der Waals surface area contributed by atoms with Crippen molar-refractivity contribution in [1.29, 1.82) is 0 Å². The molecule has 4 rings (SSSR count). The summed E-state index contributed by atoms with van der Waals surface area (Å²) in [4.78, 5) is 35.6. The zero-order valence-corrected chi connectivity index (χ0v) is 16.6. The van der Waals surface area contributed by atoms with Crippen LogP contribution in [-0.2, 0) is 11.2 Å². The number of hydrogen-bond acceptors (Lipinski definition) is 4. The second-order valence-electron chi connectivity index (χ2n) is 7.14. The monoisotopic (exact) mass is 411 g/mol. The molecule has 7 nitrogen and oxygen atoms in total. The Morgan fingerprint density at radius 1 is 1.28 bits per heavy atom. The van der Waals surface area contributed by atoms with Crippen LogP contribution in [0.2, 0.25) is 5.02 Å². The van der Waals surface area contributed by atoms with Crippen molar-refractivity contribution in [2.45, 2.75) is 38.1 Å². The highest BCUT2D eigenvalue weighted by molar-refractivity contribution is 6.35. The third-order valence-corrected chi connectivity index (χ3v) is 5.50. The first-order chi connectivity index (χ1) is 14.1. The van der Waals surface area contributed by atoms with Crippen molar-refractivity contribution in [3.63, 3.8) is 0 Å². The van der Waals surface area contributed by atoms with Gasteiger partial charge in [-0.15, -0.1) is 0 Å². The maximum atomic E-state index is 12.4. The number of carbonyl (C=O) groups excluding carboxylic acids is 2. The van der Waals surface area contributed by atoms with Gasteiger partial charge in [-0.2, -0.15) is 0 Å². The van der Waals surface area contributed by atoms with Crippen molar-refractivity contribution in [3.8, 4) is 0 Å². The number of halogens is 1. The third-order valence-electron chi connectivity index (χ3n) is 5.19. The summed E-state index contributed by atoms with van der Waals surface area (Å²) in [6.07, 6.45) is 8.18. The van der Waals surface area contributed by atoms with E-state index in [1.165, 1.54) is 24.2 Å². The summed E-state index contributed by atoms with van der Waals surface area (Å²) >= 11 is 6.32. The molecule has 2 amide bonds. The van der Waals surface area contributed by atoms with E-state index in [4.69, 9.17) is 11.6 Å². The number of hydrogen-bond donors (Lipinski definition) is 3. The molecule has 0 aliphatic heterocycles. The maximum Gasteiger partial charge on any atom is 0.271 e. The third kappa shape index (κ3) is 4.24. The van der Waals surface area contributed by atoms with E-state index in [9.17, 15) is 9.59 Å². The Balaban J connectivity index is 1.31. The molecule has 0 bridgehead atoms. The van der Waals surface area contributed by atoms with Gasteiger partial charge in [0.2, 0.25) is 5.91 Å². The van der Waals surface area contributed by atoms with Crippen molar-refractivity contribution < 1.29 is 9.59 Å². The number of benzene rings is 1. The van der Waals surface area contributed by atoms with Gasteiger partial charge >= 0.3 is 0 Å². The molecule has 2 heterocycles. The fourth-order valence-corrected chi connectivity index (χ4v) is 4.04. The first kappa shape index (κ1) is 19.4. The van der Waals surface area contributed by atoms with Gasteiger partial charge in [-0.05, 0) is 37.3 Å². The molecule has 8 heteroatoms. The Morgan fingerprint density at radius 2 is 2.17 bits per heavy atom. The van der Waals surface area contributed by atoms with E-state index < -0.39 is 0 Å². The van der Waals surface area contributed by atoms with E-state index >= 15 is 0 Å². The van der Waals surface area contributed by atoms with Crippen molar-refractivity contribution >= 4 is 34.3 Å². The first-order valence-corrected chi connectivity index (χ1v) is 10.1. The van der Waals surface area contributed by atoms with Gasteiger partial charge < -0.3 is 15.6 Å². The number of aryl methyl sites for hydroxylation is 1. The topological polar surface area (TPSA) is 99.8 Å². The van der Waals surface area contributed by atoms with Crippen molar-refractivity contribution in [2.75, 3.05) is 6.54 Å². The number of amides is 2. The molecule has 0 spiro atoms. The van der Waals surface area contributed by atoms with E-state index in [2.05, 4.69) is 31.7 Å². The standard InChI is InChI=1S/C21H22ClN5O2/c22-15-6-1-4-13-14-5-2-7-16(20(14)27-19(13)15)26-18(28)8-3-9-25-21(29)17-12-23-10-11-24-17/h1,4,6,10-12,16,27H,2-3,5,7-9H2,(H,25,29)(H,26,28)/t16-/m1/s1.